The predicted molar refractivity (Wildman–Crippen MR) is 101 cm³/mol. The van der Waals surface area contributed by atoms with E-state index in [1.165, 1.54) is 13.0 Å². The van der Waals surface area contributed by atoms with E-state index in [1.807, 2.05) is 24.3 Å². The van der Waals surface area contributed by atoms with Crippen molar-refractivity contribution in [3.8, 4) is 5.75 Å². The third-order valence-electron chi connectivity index (χ3n) is 3.61. The lowest BCUT2D eigenvalue weighted by Crippen LogP contribution is -2.08. The minimum Gasteiger partial charge on any atom is -0.494 e. The zero-order chi connectivity index (χ0) is 18.1. The molecule has 0 aliphatic carbocycles. The van der Waals surface area contributed by atoms with Crippen LogP contribution in [0.4, 0.5) is 5.69 Å². The smallest absolute Gasteiger partial charge is 0.248 e. The third kappa shape index (κ3) is 6.26. The van der Waals surface area contributed by atoms with Gasteiger partial charge in [-0.3, -0.25) is 9.59 Å². The summed E-state index contributed by atoms with van der Waals surface area (Å²) in [5.41, 5.74) is 2.08. The number of nitrogens with one attached hydrogen (secondary N) is 1. The topological polar surface area (TPSA) is 55.4 Å². The molecule has 0 radical (unpaired) electrons. The fourth-order valence-corrected chi connectivity index (χ4v) is 2.18. The van der Waals surface area contributed by atoms with Crippen LogP contribution in [0, 0.1) is 0 Å². The monoisotopic (exact) mass is 337 g/mol. The number of Topliss-reactive ketones (excluding diaryl/α,β-unsaturated/α-hetero) is 1. The maximum atomic E-state index is 12.0. The second kappa shape index (κ2) is 9.42. The van der Waals surface area contributed by atoms with Gasteiger partial charge in [-0.25, -0.2) is 0 Å². The average Bonchev–Trinajstić information content (AvgIpc) is 2.61. The van der Waals surface area contributed by atoms with Gasteiger partial charge in [0.05, 0.1) is 6.61 Å². The Morgan fingerprint density at radius 1 is 1.12 bits per heavy atom. The summed E-state index contributed by atoms with van der Waals surface area (Å²) < 4.78 is 5.61. The molecule has 25 heavy (non-hydrogen) atoms. The molecule has 2 aromatic carbocycles. The summed E-state index contributed by atoms with van der Waals surface area (Å²) in [6.45, 7) is 4.34. The lowest BCUT2D eigenvalue weighted by molar-refractivity contribution is -0.111. The molecule has 2 rings (SSSR count). The Bertz CT molecular complexity index is 748. The van der Waals surface area contributed by atoms with E-state index in [4.69, 9.17) is 4.74 Å². The van der Waals surface area contributed by atoms with Crippen LogP contribution in [0.2, 0.25) is 0 Å². The van der Waals surface area contributed by atoms with Gasteiger partial charge in [0.15, 0.2) is 5.78 Å². The molecule has 0 spiro atoms. The molecule has 0 aliphatic heterocycles. The van der Waals surface area contributed by atoms with Gasteiger partial charge < -0.3 is 10.1 Å². The summed E-state index contributed by atoms with van der Waals surface area (Å²) in [6, 6.07) is 14.5. The van der Waals surface area contributed by atoms with Gasteiger partial charge >= 0.3 is 0 Å². The highest BCUT2D eigenvalue weighted by molar-refractivity contribution is 6.03. The Labute approximate surface area is 148 Å². The molecule has 0 atom stereocenters. The quantitative estimate of drug-likeness (QED) is 0.431. The summed E-state index contributed by atoms with van der Waals surface area (Å²) in [5, 5.41) is 2.75. The van der Waals surface area contributed by atoms with Gasteiger partial charge in [-0.05, 0) is 49.2 Å². The number of ether oxygens (including phenoxy) is 1. The first-order valence-electron chi connectivity index (χ1n) is 8.41. The highest BCUT2D eigenvalue weighted by Gasteiger charge is 2.02. The zero-order valence-corrected chi connectivity index (χ0v) is 14.6. The van der Waals surface area contributed by atoms with Gasteiger partial charge in [-0.1, -0.05) is 37.6 Å². The van der Waals surface area contributed by atoms with Crippen LogP contribution in [0.3, 0.4) is 0 Å². The molecule has 1 amide bonds. The standard InChI is InChI=1S/C21H23NO3/c1-3-4-14-25-20-11-8-17(9-12-20)10-13-21(24)22-19-7-5-6-18(15-19)16(2)23/h5-13,15H,3-4,14H2,1-2H3,(H,22,24). The highest BCUT2D eigenvalue weighted by Crippen LogP contribution is 2.14. The minimum atomic E-state index is -0.246. The molecule has 2 aromatic rings. The maximum absolute atomic E-state index is 12.0. The number of carbonyl (C=O) groups is 2. The van der Waals surface area contributed by atoms with Crippen molar-refractivity contribution in [3.05, 3.63) is 65.7 Å². The van der Waals surface area contributed by atoms with Crippen molar-refractivity contribution in [1.29, 1.82) is 0 Å². The van der Waals surface area contributed by atoms with Crippen molar-refractivity contribution in [3.63, 3.8) is 0 Å². The van der Waals surface area contributed by atoms with E-state index >= 15 is 0 Å². The first-order valence-corrected chi connectivity index (χ1v) is 8.41. The molecule has 0 aromatic heterocycles. The van der Waals surface area contributed by atoms with Crippen LogP contribution in [-0.2, 0) is 4.79 Å². The van der Waals surface area contributed by atoms with Crippen LogP contribution >= 0.6 is 0 Å². The fraction of sp³-hybridized carbons (Fsp3) is 0.238. The summed E-state index contributed by atoms with van der Waals surface area (Å²) in [7, 11) is 0. The second-order valence-corrected chi connectivity index (χ2v) is 5.73. The number of anilines is 1. The van der Waals surface area contributed by atoms with Crippen LogP contribution < -0.4 is 10.1 Å². The summed E-state index contributed by atoms with van der Waals surface area (Å²) in [6.07, 6.45) is 5.34. The van der Waals surface area contributed by atoms with E-state index in [-0.39, 0.29) is 11.7 Å². The SMILES string of the molecule is CCCCOc1ccc(C=CC(=O)Nc2cccc(C(C)=O)c2)cc1. The molecule has 0 unspecified atom stereocenters. The number of hydrogen-bond acceptors (Lipinski definition) is 3. The van der Waals surface area contributed by atoms with Crippen molar-refractivity contribution in [2.75, 3.05) is 11.9 Å². The molecule has 0 saturated carbocycles. The first kappa shape index (κ1) is 18.5. The summed E-state index contributed by atoms with van der Waals surface area (Å²) in [5.74, 6) is 0.549. The molecule has 0 bridgehead atoms. The van der Waals surface area contributed by atoms with Gasteiger partial charge in [0.2, 0.25) is 5.91 Å². The van der Waals surface area contributed by atoms with Gasteiger partial charge in [-0.15, -0.1) is 0 Å². The number of hydrogen-bond donors (Lipinski definition) is 1. The van der Waals surface area contributed by atoms with E-state index in [9.17, 15) is 9.59 Å². The van der Waals surface area contributed by atoms with Gasteiger partial charge in [0, 0.05) is 17.3 Å². The fourth-order valence-electron chi connectivity index (χ4n) is 2.18. The van der Waals surface area contributed by atoms with Crippen molar-refractivity contribution in [2.24, 2.45) is 0 Å². The normalized spacial score (nSPS) is 10.6. The van der Waals surface area contributed by atoms with E-state index in [0.717, 1.165) is 24.2 Å². The second-order valence-electron chi connectivity index (χ2n) is 5.73. The lowest BCUT2D eigenvalue weighted by atomic mass is 10.1. The molecule has 0 heterocycles. The van der Waals surface area contributed by atoms with Crippen molar-refractivity contribution >= 4 is 23.5 Å². The molecule has 1 N–H and O–H groups in total. The van der Waals surface area contributed by atoms with Crippen molar-refractivity contribution in [1.82, 2.24) is 0 Å². The molecule has 0 aliphatic rings. The molecule has 130 valence electrons. The Hall–Kier alpha value is -2.88. The zero-order valence-electron chi connectivity index (χ0n) is 14.6. The number of rotatable bonds is 8. The maximum Gasteiger partial charge on any atom is 0.248 e. The Morgan fingerprint density at radius 3 is 2.56 bits per heavy atom. The third-order valence-corrected chi connectivity index (χ3v) is 3.61. The number of unbranched alkanes of at least 4 members (excludes halogenated alkanes) is 1. The Morgan fingerprint density at radius 2 is 1.88 bits per heavy atom. The van der Waals surface area contributed by atoms with Crippen LogP contribution in [-0.4, -0.2) is 18.3 Å². The highest BCUT2D eigenvalue weighted by atomic mass is 16.5. The van der Waals surface area contributed by atoms with Crippen LogP contribution in [0.1, 0.15) is 42.6 Å². The molecular formula is C21H23NO3. The number of carbonyl (C=O) groups excluding carboxylic acids is 2. The molecular weight excluding hydrogens is 314 g/mol. The lowest BCUT2D eigenvalue weighted by Gasteiger charge is -2.05. The first-order chi connectivity index (χ1) is 12.1. The van der Waals surface area contributed by atoms with Gasteiger partial charge in [0.25, 0.3) is 0 Å². The number of ketones is 1. The molecule has 0 fully saturated rings. The average molecular weight is 337 g/mol. The van der Waals surface area contributed by atoms with E-state index in [2.05, 4.69) is 12.2 Å². The van der Waals surface area contributed by atoms with Gasteiger partial charge in [-0.2, -0.15) is 0 Å². The van der Waals surface area contributed by atoms with Crippen LogP contribution in [0.15, 0.2) is 54.6 Å². The number of amides is 1. The van der Waals surface area contributed by atoms with Gasteiger partial charge in [0.1, 0.15) is 5.75 Å². The van der Waals surface area contributed by atoms with Crippen molar-refractivity contribution in [2.45, 2.75) is 26.7 Å². The molecule has 4 heteroatoms. The molecule has 4 nitrogen and oxygen atoms in total. The Kier molecular flexibility index (Phi) is 6.96. The number of benzene rings is 2. The van der Waals surface area contributed by atoms with E-state index in [1.54, 1.807) is 30.3 Å². The summed E-state index contributed by atoms with van der Waals surface area (Å²) >= 11 is 0. The molecule has 0 saturated heterocycles. The van der Waals surface area contributed by atoms with Crippen LogP contribution in [0.5, 0.6) is 5.75 Å². The van der Waals surface area contributed by atoms with E-state index < -0.39 is 0 Å². The van der Waals surface area contributed by atoms with Crippen molar-refractivity contribution < 1.29 is 14.3 Å². The predicted octanol–water partition coefficient (Wildman–Crippen LogP) is 4.72. The van der Waals surface area contributed by atoms with E-state index in [0.29, 0.717) is 17.9 Å². The summed E-state index contributed by atoms with van der Waals surface area (Å²) in [4.78, 5) is 23.4. The van der Waals surface area contributed by atoms with Crippen LogP contribution in [0.25, 0.3) is 6.08 Å². The minimum absolute atomic E-state index is 0.0344. The Balaban J connectivity index is 1.91. The largest absolute Gasteiger partial charge is 0.494 e.